The quantitative estimate of drug-likeness (QED) is 0.134. The first-order valence-corrected chi connectivity index (χ1v) is 18.0. The minimum absolute atomic E-state index is 0.525. The number of thiophene rings is 2. The van der Waals surface area contributed by atoms with Crippen molar-refractivity contribution in [3.63, 3.8) is 0 Å². The molecule has 2 aromatic heterocycles. The summed E-state index contributed by atoms with van der Waals surface area (Å²) >= 11 is 13.2. The minimum Gasteiger partial charge on any atom is -0.423 e. The van der Waals surface area contributed by atoms with Crippen molar-refractivity contribution >= 4 is 130 Å². The molecule has 44 heavy (non-hydrogen) atoms. The average Bonchev–Trinajstić information content (AvgIpc) is 3.61. The molecule has 8 rings (SSSR count). The van der Waals surface area contributed by atoms with Crippen LogP contribution in [0.15, 0.2) is 142 Å². The Labute approximate surface area is 294 Å². The Morgan fingerprint density at radius 3 is 1.61 bits per heavy atom. The summed E-state index contributed by atoms with van der Waals surface area (Å²) in [5.41, 5.74) is 3.13. The molecule has 6 aromatic carbocycles. The van der Waals surface area contributed by atoms with Gasteiger partial charge in [-0.1, -0.05) is 123 Å². The topological polar surface area (TPSA) is 40.5 Å². The van der Waals surface area contributed by atoms with Gasteiger partial charge in [-0.2, -0.15) is 0 Å². The molecule has 0 saturated heterocycles. The molecule has 2 N–H and O–H groups in total. The predicted molar refractivity (Wildman–Crippen MR) is 208 cm³/mol. The SMILES string of the molecule is Brc1ccc2sc3c(-c4ccccc4)cccc3c2c1.Brc1ccc2sc3c(I)cccc3c2c1.OB(O)c1ccccc1. The van der Waals surface area contributed by atoms with Crippen molar-refractivity contribution in [2.45, 2.75) is 0 Å². The number of halogens is 3. The summed E-state index contributed by atoms with van der Waals surface area (Å²) in [6.45, 7) is 0. The second-order valence-electron chi connectivity index (χ2n) is 9.93. The van der Waals surface area contributed by atoms with Crippen molar-refractivity contribution in [1.82, 2.24) is 0 Å². The van der Waals surface area contributed by atoms with Crippen LogP contribution in [0.4, 0.5) is 0 Å². The molecule has 0 aliphatic rings. The molecule has 0 radical (unpaired) electrons. The lowest BCUT2D eigenvalue weighted by molar-refractivity contribution is 0.426. The van der Waals surface area contributed by atoms with Crippen molar-refractivity contribution in [2.75, 3.05) is 0 Å². The second-order valence-corrected chi connectivity index (χ2v) is 15.0. The summed E-state index contributed by atoms with van der Waals surface area (Å²) in [5.74, 6) is 0. The third-order valence-corrected chi connectivity index (χ3v) is 11.7. The van der Waals surface area contributed by atoms with E-state index in [1.54, 1.807) is 24.3 Å². The van der Waals surface area contributed by atoms with Crippen LogP contribution in [0.25, 0.3) is 51.5 Å². The Morgan fingerprint density at radius 1 is 0.523 bits per heavy atom. The number of fused-ring (bicyclic) bond motifs is 6. The lowest BCUT2D eigenvalue weighted by Gasteiger charge is -2.02. The Morgan fingerprint density at radius 2 is 1.05 bits per heavy atom. The number of hydrogen-bond acceptors (Lipinski definition) is 4. The van der Waals surface area contributed by atoms with Crippen LogP contribution in [0.5, 0.6) is 0 Å². The van der Waals surface area contributed by atoms with Gasteiger partial charge < -0.3 is 10.0 Å². The van der Waals surface area contributed by atoms with Gasteiger partial charge in [0.15, 0.2) is 0 Å². The van der Waals surface area contributed by atoms with Gasteiger partial charge in [-0.25, -0.2) is 0 Å². The van der Waals surface area contributed by atoms with Gasteiger partial charge in [0.05, 0.1) is 0 Å². The van der Waals surface area contributed by atoms with Crippen LogP contribution in [0.2, 0.25) is 0 Å². The molecule has 216 valence electrons. The first-order chi connectivity index (χ1) is 21.4. The van der Waals surface area contributed by atoms with Gasteiger partial charge in [0.1, 0.15) is 0 Å². The summed E-state index contributed by atoms with van der Waals surface area (Å²) in [6, 6.07) is 45.3. The van der Waals surface area contributed by atoms with Crippen molar-refractivity contribution in [3.05, 3.63) is 146 Å². The molecule has 0 bridgehead atoms. The molecule has 0 unspecified atom stereocenters. The standard InChI is InChI=1S/C18H11BrS.C12H6BrIS.C6H7BO2/c19-13-9-10-17-16(11-13)15-8-4-7-14(18(15)20-17)12-5-2-1-3-6-12;13-7-4-5-11-9(6-7)8-2-1-3-10(14)12(8)15-11;8-7(9)6-4-2-1-3-5-6/h1-11H;1-6H;1-5,8-9H. The van der Waals surface area contributed by atoms with Gasteiger partial charge in [-0.05, 0) is 81.6 Å². The minimum atomic E-state index is -1.34. The van der Waals surface area contributed by atoms with Gasteiger partial charge in [0, 0.05) is 52.9 Å². The molecule has 8 aromatic rings. The molecule has 0 aliphatic carbocycles. The van der Waals surface area contributed by atoms with E-state index in [1.165, 1.54) is 55.0 Å². The monoisotopic (exact) mass is 848 g/mol. The van der Waals surface area contributed by atoms with E-state index >= 15 is 0 Å². The molecular formula is C36H24BBr2IO2S2. The molecule has 0 amide bonds. The molecule has 0 atom stereocenters. The molecule has 0 spiro atoms. The normalized spacial score (nSPS) is 10.8. The van der Waals surface area contributed by atoms with E-state index in [0.717, 1.165) is 8.95 Å². The van der Waals surface area contributed by atoms with Gasteiger partial charge in [-0.3, -0.25) is 0 Å². The van der Waals surface area contributed by atoms with Crippen LogP contribution in [-0.2, 0) is 0 Å². The maximum absolute atomic E-state index is 8.58. The van der Waals surface area contributed by atoms with E-state index in [-0.39, 0.29) is 0 Å². The number of rotatable bonds is 2. The fourth-order valence-corrected chi connectivity index (χ4v) is 8.83. The van der Waals surface area contributed by atoms with Crippen LogP contribution in [0.1, 0.15) is 0 Å². The van der Waals surface area contributed by atoms with Crippen LogP contribution >= 0.6 is 77.1 Å². The summed E-state index contributed by atoms with van der Waals surface area (Å²) in [7, 11) is -1.34. The van der Waals surface area contributed by atoms with E-state index in [1.807, 2.05) is 28.7 Å². The van der Waals surface area contributed by atoms with E-state index in [4.69, 9.17) is 10.0 Å². The Balaban J connectivity index is 0.000000126. The van der Waals surface area contributed by atoms with Crippen LogP contribution in [0, 0.1) is 3.57 Å². The van der Waals surface area contributed by atoms with Crippen LogP contribution in [0.3, 0.4) is 0 Å². The Kier molecular flexibility index (Phi) is 10.2. The Bertz CT molecular complexity index is 2200. The highest BCUT2D eigenvalue weighted by Gasteiger charge is 2.11. The highest BCUT2D eigenvalue weighted by Crippen LogP contribution is 2.41. The summed E-state index contributed by atoms with van der Waals surface area (Å²) in [4.78, 5) is 0. The van der Waals surface area contributed by atoms with E-state index in [0.29, 0.717) is 5.46 Å². The maximum atomic E-state index is 8.58. The molecule has 0 aliphatic heterocycles. The largest absolute Gasteiger partial charge is 0.488 e. The van der Waals surface area contributed by atoms with Crippen molar-refractivity contribution in [3.8, 4) is 11.1 Å². The summed E-state index contributed by atoms with van der Waals surface area (Å²) in [5, 5.41) is 22.5. The predicted octanol–water partition coefficient (Wildman–Crippen LogP) is 11.3. The molecule has 2 nitrogen and oxygen atoms in total. The van der Waals surface area contributed by atoms with Gasteiger partial charge in [0.25, 0.3) is 0 Å². The number of hydrogen-bond donors (Lipinski definition) is 2. The molecule has 0 fully saturated rings. The highest BCUT2D eigenvalue weighted by atomic mass is 127. The van der Waals surface area contributed by atoms with Crippen LogP contribution in [-0.4, -0.2) is 17.2 Å². The third kappa shape index (κ3) is 6.97. The molecule has 2 heterocycles. The first-order valence-electron chi connectivity index (χ1n) is 13.7. The van der Waals surface area contributed by atoms with E-state index < -0.39 is 7.12 Å². The fraction of sp³-hybridized carbons (Fsp3) is 0. The third-order valence-electron chi connectivity index (χ3n) is 7.05. The van der Waals surface area contributed by atoms with Crippen LogP contribution < -0.4 is 5.46 Å². The zero-order valence-electron chi connectivity index (χ0n) is 23.1. The van der Waals surface area contributed by atoms with Gasteiger partial charge >= 0.3 is 7.12 Å². The maximum Gasteiger partial charge on any atom is 0.488 e. The zero-order valence-corrected chi connectivity index (χ0v) is 30.1. The molecular weight excluding hydrogens is 826 g/mol. The Hall–Kier alpha value is -2.57. The first kappa shape index (κ1) is 31.4. The molecule has 0 saturated carbocycles. The van der Waals surface area contributed by atoms with Crippen molar-refractivity contribution in [2.24, 2.45) is 0 Å². The van der Waals surface area contributed by atoms with E-state index in [9.17, 15) is 0 Å². The van der Waals surface area contributed by atoms with Crippen molar-refractivity contribution < 1.29 is 10.0 Å². The molecule has 8 heteroatoms. The average molecular weight is 850 g/mol. The lowest BCUT2D eigenvalue weighted by Crippen LogP contribution is -2.29. The fourth-order valence-electron chi connectivity index (χ4n) is 4.98. The summed E-state index contributed by atoms with van der Waals surface area (Å²) in [6.07, 6.45) is 0. The zero-order chi connectivity index (χ0) is 30.6. The lowest BCUT2D eigenvalue weighted by atomic mass is 9.81. The van der Waals surface area contributed by atoms with E-state index in [2.05, 4.69) is 158 Å². The summed E-state index contributed by atoms with van der Waals surface area (Å²) < 4.78 is 9.08. The van der Waals surface area contributed by atoms with Gasteiger partial charge in [-0.15, -0.1) is 22.7 Å². The highest BCUT2D eigenvalue weighted by molar-refractivity contribution is 14.1. The van der Waals surface area contributed by atoms with Gasteiger partial charge in [0.2, 0.25) is 0 Å². The van der Waals surface area contributed by atoms with Crippen molar-refractivity contribution in [1.29, 1.82) is 0 Å². The number of benzene rings is 6. The smallest absolute Gasteiger partial charge is 0.423 e. The second kappa shape index (κ2) is 14.2.